The summed E-state index contributed by atoms with van der Waals surface area (Å²) in [5.74, 6) is -0.161. The van der Waals surface area contributed by atoms with Crippen LogP contribution < -0.4 is 4.74 Å². The molecular weight excluding hydrogens is 370 g/mol. The molecule has 0 aliphatic carbocycles. The SMILES string of the molecule is O=Cc1cc(Cl)cc(Cl)c1OCc1cccc(F)c1Br. The van der Waals surface area contributed by atoms with Crippen molar-refractivity contribution in [1.82, 2.24) is 0 Å². The van der Waals surface area contributed by atoms with E-state index in [1.165, 1.54) is 18.2 Å². The van der Waals surface area contributed by atoms with Gasteiger partial charge in [0.1, 0.15) is 18.2 Å². The fourth-order valence-corrected chi connectivity index (χ4v) is 2.57. The van der Waals surface area contributed by atoms with E-state index in [4.69, 9.17) is 27.9 Å². The van der Waals surface area contributed by atoms with Crippen LogP contribution in [0.5, 0.6) is 5.75 Å². The molecule has 0 aromatic heterocycles. The van der Waals surface area contributed by atoms with Gasteiger partial charge in [-0.3, -0.25) is 4.79 Å². The highest BCUT2D eigenvalue weighted by molar-refractivity contribution is 9.10. The summed E-state index contributed by atoms with van der Waals surface area (Å²) in [6.45, 7) is 0.0700. The zero-order chi connectivity index (χ0) is 14.7. The maximum absolute atomic E-state index is 13.4. The lowest BCUT2D eigenvalue weighted by Gasteiger charge is -2.12. The van der Waals surface area contributed by atoms with E-state index >= 15 is 0 Å². The Kier molecular flexibility index (Phi) is 5.02. The molecule has 0 unspecified atom stereocenters. The van der Waals surface area contributed by atoms with Crippen LogP contribution in [0, 0.1) is 5.82 Å². The van der Waals surface area contributed by atoms with Crippen molar-refractivity contribution >= 4 is 45.4 Å². The Hall–Kier alpha value is -1.10. The van der Waals surface area contributed by atoms with Gasteiger partial charge in [0.25, 0.3) is 0 Å². The predicted octanol–water partition coefficient (Wildman–Crippen LogP) is 5.29. The van der Waals surface area contributed by atoms with E-state index in [2.05, 4.69) is 15.9 Å². The Morgan fingerprint density at radius 3 is 2.75 bits per heavy atom. The molecule has 0 bridgehead atoms. The molecule has 2 nitrogen and oxygen atoms in total. The second-order valence-corrected chi connectivity index (χ2v) is 5.56. The summed E-state index contributed by atoms with van der Waals surface area (Å²) in [5, 5.41) is 0.573. The number of carbonyl (C=O) groups is 1. The number of aldehydes is 1. The number of ether oxygens (including phenoxy) is 1. The topological polar surface area (TPSA) is 26.3 Å². The highest BCUT2D eigenvalue weighted by atomic mass is 79.9. The van der Waals surface area contributed by atoms with Crippen LogP contribution in [-0.4, -0.2) is 6.29 Å². The predicted molar refractivity (Wildman–Crippen MR) is 80.3 cm³/mol. The average Bonchev–Trinajstić information content (AvgIpc) is 2.41. The summed E-state index contributed by atoms with van der Waals surface area (Å²) >= 11 is 14.9. The number of rotatable bonds is 4. The number of benzene rings is 2. The summed E-state index contributed by atoms with van der Waals surface area (Å²) < 4.78 is 19.2. The monoisotopic (exact) mass is 376 g/mol. The maximum Gasteiger partial charge on any atom is 0.153 e. The molecule has 0 fully saturated rings. The van der Waals surface area contributed by atoms with Gasteiger partial charge in [0.15, 0.2) is 6.29 Å². The molecule has 0 saturated carbocycles. The molecule has 0 aliphatic rings. The maximum atomic E-state index is 13.4. The van der Waals surface area contributed by atoms with Crippen molar-refractivity contribution in [2.24, 2.45) is 0 Å². The minimum Gasteiger partial charge on any atom is -0.487 e. The molecule has 0 saturated heterocycles. The highest BCUT2D eigenvalue weighted by Gasteiger charge is 2.12. The summed E-state index contributed by atoms with van der Waals surface area (Å²) in [6, 6.07) is 7.54. The van der Waals surface area contributed by atoms with Crippen LogP contribution in [0.2, 0.25) is 10.0 Å². The van der Waals surface area contributed by atoms with Gasteiger partial charge in [0.05, 0.1) is 15.1 Å². The van der Waals surface area contributed by atoms with Gasteiger partial charge < -0.3 is 4.74 Å². The molecule has 0 heterocycles. The fourth-order valence-electron chi connectivity index (χ4n) is 1.63. The first-order valence-corrected chi connectivity index (χ1v) is 7.07. The van der Waals surface area contributed by atoms with E-state index in [-0.39, 0.29) is 28.8 Å². The summed E-state index contributed by atoms with van der Waals surface area (Å²) in [6.07, 6.45) is 0.605. The molecule has 0 radical (unpaired) electrons. The number of hydrogen-bond acceptors (Lipinski definition) is 2. The highest BCUT2D eigenvalue weighted by Crippen LogP contribution is 2.32. The zero-order valence-corrected chi connectivity index (χ0v) is 13.1. The van der Waals surface area contributed by atoms with Crippen molar-refractivity contribution in [3.05, 3.63) is 61.8 Å². The number of halogens is 4. The first-order chi connectivity index (χ1) is 9.52. The van der Waals surface area contributed by atoms with Crippen molar-refractivity contribution < 1.29 is 13.9 Å². The molecule has 0 aliphatic heterocycles. The van der Waals surface area contributed by atoms with Crippen LogP contribution in [0.1, 0.15) is 15.9 Å². The van der Waals surface area contributed by atoms with Crippen molar-refractivity contribution in [1.29, 1.82) is 0 Å². The second-order valence-electron chi connectivity index (χ2n) is 3.93. The van der Waals surface area contributed by atoms with Crippen LogP contribution >= 0.6 is 39.1 Å². The van der Waals surface area contributed by atoms with E-state index in [1.54, 1.807) is 12.1 Å². The second kappa shape index (κ2) is 6.57. The standard InChI is InChI=1S/C14H8BrCl2FO2/c15-13-8(2-1-3-12(13)18)7-20-14-9(6-19)4-10(16)5-11(14)17/h1-6H,7H2. The molecule has 0 spiro atoms. The molecular formula is C14H8BrCl2FO2. The molecule has 104 valence electrons. The van der Waals surface area contributed by atoms with Gasteiger partial charge in [-0.05, 0) is 34.1 Å². The van der Waals surface area contributed by atoms with E-state index in [0.29, 0.717) is 21.3 Å². The lowest BCUT2D eigenvalue weighted by atomic mass is 10.2. The minimum absolute atomic E-state index is 0.0700. The van der Waals surface area contributed by atoms with E-state index in [9.17, 15) is 9.18 Å². The van der Waals surface area contributed by atoms with Crippen LogP contribution in [0.3, 0.4) is 0 Å². The van der Waals surface area contributed by atoms with E-state index in [1.807, 2.05) is 0 Å². The van der Waals surface area contributed by atoms with Crippen LogP contribution in [0.15, 0.2) is 34.8 Å². The Morgan fingerprint density at radius 2 is 2.05 bits per heavy atom. The first-order valence-electron chi connectivity index (χ1n) is 5.53. The third-order valence-electron chi connectivity index (χ3n) is 2.57. The number of hydrogen-bond donors (Lipinski definition) is 0. The van der Waals surface area contributed by atoms with Crippen LogP contribution in [0.4, 0.5) is 4.39 Å². The molecule has 2 rings (SSSR count). The normalized spacial score (nSPS) is 10.4. The van der Waals surface area contributed by atoms with Crippen molar-refractivity contribution in [3.8, 4) is 5.75 Å². The molecule has 0 atom stereocenters. The smallest absolute Gasteiger partial charge is 0.153 e. The van der Waals surface area contributed by atoms with Crippen molar-refractivity contribution in [2.45, 2.75) is 6.61 Å². The Balaban J connectivity index is 2.27. The van der Waals surface area contributed by atoms with Gasteiger partial charge >= 0.3 is 0 Å². The lowest BCUT2D eigenvalue weighted by molar-refractivity contribution is 0.111. The minimum atomic E-state index is -0.385. The fraction of sp³-hybridized carbons (Fsp3) is 0.0714. The van der Waals surface area contributed by atoms with Crippen molar-refractivity contribution in [3.63, 3.8) is 0 Å². The van der Waals surface area contributed by atoms with Gasteiger partial charge in [-0.2, -0.15) is 0 Å². The Bertz CT molecular complexity index is 662. The van der Waals surface area contributed by atoms with Crippen molar-refractivity contribution in [2.75, 3.05) is 0 Å². The first kappa shape index (κ1) is 15.3. The quantitative estimate of drug-likeness (QED) is 0.677. The van der Waals surface area contributed by atoms with E-state index < -0.39 is 0 Å². The zero-order valence-electron chi connectivity index (χ0n) is 10.00. The Morgan fingerprint density at radius 1 is 1.30 bits per heavy atom. The number of carbonyl (C=O) groups excluding carboxylic acids is 1. The summed E-state index contributed by atoms with van der Waals surface area (Å²) in [5.41, 5.74) is 0.850. The molecule has 20 heavy (non-hydrogen) atoms. The lowest BCUT2D eigenvalue weighted by Crippen LogP contribution is -2.01. The summed E-state index contributed by atoms with van der Waals surface area (Å²) in [4.78, 5) is 11.0. The van der Waals surface area contributed by atoms with Gasteiger partial charge in [-0.1, -0.05) is 35.3 Å². The Labute approximate surface area is 133 Å². The third kappa shape index (κ3) is 3.32. The summed E-state index contributed by atoms with van der Waals surface area (Å²) in [7, 11) is 0. The third-order valence-corrected chi connectivity index (χ3v) is 3.95. The molecule has 2 aromatic rings. The average molecular weight is 378 g/mol. The molecule has 2 aromatic carbocycles. The molecule has 0 amide bonds. The molecule has 0 N–H and O–H groups in total. The van der Waals surface area contributed by atoms with E-state index in [0.717, 1.165) is 0 Å². The largest absolute Gasteiger partial charge is 0.487 e. The van der Waals surface area contributed by atoms with Gasteiger partial charge in [-0.15, -0.1) is 0 Å². The van der Waals surface area contributed by atoms with Gasteiger partial charge in [0, 0.05) is 10.6 Å². The van der Waals surface area contributed by atoms with Gasteiger partial charge in [0.2, 0.25) is 0 Å². The van der Waals surface area contributed by atoms with Crippen LogP contribution in [-0.2, 0) is 6.61 Å². The van der Waals surface area contributed by atoms with Crippen LogP contribution in [0.25, 0.3) is 0 Å². The molecule has 6 heteroatoms. The van der Waals surface area contributed by atoms with Gasteiger partial charge in [-0.25, -0.2) is 4.39 Å².